The van der Waals surface area contributed by atoms with Crippen molar-refractivity contribution in [2.45, 2.75) is 31.1 Å². The molecular weight excluding hydrogens is 290 g/mol. The first-order chi connectivity index (χ1) is 10.9. The van der Waals surface area contributed by atoms with Gasteiger partial charge in [0, 0.05) is 24.4 Å². The Morgan fingerprint density at radius 1 is 1.14 bits per heavy atom. The molecule has 4 heteroatoms. The molecule has 1 aromatic carbocycles. The standard InChI is InChI=1S/C18H19N3S/c1-2-6-14(7-3-1)12-17-20-16-9-4-10-19-18(16)21(17)13-15-8-5-11-22-15/h1-4,6-7,9-10,15H,5,8,11-13H2. The van der Waals surface area contributed by atoms with Gasteiger partial charge in [-0.2, -0.15) is 11.8 Å². The number of nitrogens with zero attached hydrogens (tertiary/aromatic N) is 3. The minimum Gasteiger partial charge on any atom is -0.311 e. The van der Waals surface area contributed by atoms with Crippen molar-refractivity contribution in [3.05, 3.63) is 60.0 Å². The summed E-state index contributed by atoms with van der Waals surface area (Å²) in [4.78, 5) is 9.42. The molecule has 2 aromatic heterocycles. The Morgan fingerprint density at radius 2 is 2.05 bits per heavy atom. The number of pyridine rings is 1. The summed E-state index contributed by atoms with van der Waals surface area (Å²) in [7, 11) is 0. The second kappa shape index (κ2) is 6.13. The number of rotatable bonds is 4. The summed E-state index contributed by atoms with van der Waals surface area (Å²) in [5, 5.41) is 0.703. The monoisotopic (exact) mass is 309 g/mol. The average molecular weight is 309 g/mol. The molecule has 1 aliphatic rings. The molecule has 1 unspecified atom stereocenters. The smallest absolute Gasteiger partial charge is 0.160 e. The van der Waals surface area contributed by atoms with Gasteiger partial charge in [-0.3, -0.25) is 0 Å². The van der Waals surface area contributed by atoms with E-state index in [0.717, 1.165) is 30.0 Å². The molecule has 0 saturated carbocycles. The molecule has 1 fully saturated rings. The fraction of sp³-hybridized carbons (Fsp3) is 0.333. The van der Waals surface area contributed by atoms with E-state index in [4.69, 9.17) is 4.98 Å². The lowest BCUT2D eigenvalue weighted by Crippen LogP contribution is -2.13. The lowest BCUT2D eigenvalue weighted by Gasteiger charge is -2.13. The highest BCUT2D eigenvalue weighted by molar-refractivity contribution is 8.00. The Hall–Kier alpha value is -1.81. The predicted octanol–water partition coefficient (Wildman–Crippen LogP) is 3.92. The molecule has 3 aromatic rings. The molecule has 0 bridgehead atoms. The maximum atomic E-state index is 4.84. The molecule has 112 valence electrons. The third-order valence-corrected chi connectivity index (χ3v) is 5.58. The van der Waals surface area contributed by atoms with E-state index in [1.807, 2.05) is 12.3 Å². The SMILES string of the molecule is c1ccc(Cc2nc3cccnc3n2CC2CCCS2)cc1. The van der Waals surface area contributed by atoms with Crippen molar-refractivity contribution < 1.29 is 0 Å². The van der Waals surface area contributed by atoms with Crippen molar-refractivity contribution in [2.75, 3.05) is 5.75 Å². The minimum atomic E-state index is 0.703. The zero-order chi connectivity index (χ0) is 14.8. The van der Waals surface area contributed by atoms with E-state index in [0.29, 0.717) is 5.25 Å². The van der Waals surface area contributed by atoms with Gasteiger partial charge in [-0.25, -0.2) is 9.97 Å². The largest absolute Gasteiger partial charge is 0.311 e. The van der Waals surface area contributed by atoms with Crippen LogP contribution >= 0.6 is 11.8 Å². The summed E-state index contributed by atoms with van der Waals surface area (Å²) in [5.74, 6) is 2.42. The van der Waals surface area contributed by atoms with Gasteiger partial charge in [0.25, 0.3) is 0 Å². The first kappa shape index (κ1) is 13.8. The molecular formula is C18H19N3S. The highest BCUT2D eigenvalue weighted by atomic mass is 32.2. The fourth-order valence-corrected chi connectivity index (χ4v) is 4.36. The van der Waals surface area contributed by atoms with E-state index < -0.39 is 0 Å². The molecule has 0 aliphatic carbocycles. The Balaban J connectivity index is 1.72. The van der Waals surface area contributed by atoms with Crippen LogP contribution in [0.1, 0.15) is 24.2 Å². The number of benzene rings is 1. The van der Waals surface area contributed by atoms with E-state index >= 15 is 0 Å². The molecule has 4 rings (SSSR count). The van der Waals surface area contributed by atoms with Crippen molar-refractivity contribution in [3.63, 3.8) is 0 Å². The van der Waals surface area contributed by atoms with Crippen molar-refractivity contribution in [1.29, 1.82) is 0 Å². The molecule has 3 heterocycles. The van der Waals surface area contributed by atoms with Gasteiger partial charge in [-0.15, -0.1) is 0 Å². The van der Waals surface area contributed by atoms with Gasteiger partial charge in [-0.05, 0) is 36.3 Å². The average Bonchev–Trinajstić information content (AvgIpc) is 3.18. The highest BCUT2D eigenvalue weighted by Crippen LogP contribution is 2.29. The normalized spacial score (nSPS) is 18.1. The number of thioether (sulfide) groups is 1. The Morgan fingerprint density at radius 3 is 2.86 bits per heavy atom. The van der Waals surface area contributed by atoms with Crippen LogP contribution < -0.4 is 0 Å². The summed E-state index contributed by atoms with van der Waals surface area (Å²) in [6.45, 7) is 1.03. The number of aromatic nitrogens is 3. The van der Waals surface area contributed by atoms with Crippen LogP contribution in [0.5, 0.6) is 0 Å². The van der Waals surface area contributed by atoms with Gasteiger partial charge >= 0.3 is 0 Å². The second-order valence-corrected chi connectivity index (χ2v) is 7.19. The summed E-state index contributed by atoms with van der Waals surface area (Å²) in [6.07, 6.45) is 5.38. The van der Waals surface area contributed by atoms with E-state index in [1.165, 1.54) is 24.2 Å². The van der Waals surface area contributed by atoms with Gasteiger partial charge in [0.2, 0.25) is 0 Å². The topological polar surface area (TPSA) is 30.7 Å². The lowest BCUT2D eigenvalue weighted by atomic mass is 10.1. The summed E-state index contributed by atoms with van der Waals surface area (Å²) in [5.41, 5.74) is 3.34. The summed E-state index contributed by atoms with van der Waals surface area (Å²) < 4.78 is 2.34. The minimum absolute atomic E-state index is 0.703. The van der Waals surface area contributed by atoms with Gasteiger partial charge in [0.15, 0.2) is 5.65 Å². The number of fused-ring (bicyclic) bond motifs is 1. The third-order valence-electron chi connectivity index (χ3n) is 4.20. The van der Waals surface area contributed by atoms with Crippen LogP contribution in [0.2, 0.25) is 0 Å². The van der Waals surface area contributed by atoms with Crippen molar-refractivity contribution >= 4 is 22.9 Å². The quantitative estimate of drug-likeness (QED) is 0.732. The van der Waals surface area contributed by atoms with E-state index in [1.54, 1.807) is 0 Å². The van der Waals surface area contributed by atoms with E-state index in [-0.39, 0.29) is 0 Å². The van der Waals surface area contributed by atoms with E-state index in [9.17, 15) is 0 Å². The Labute approximate surface area is 134 Å². The van der Waals surface area contributed by atoms with Crippen LogP contribution in [-0.4, -0.2) is 25.5 Å². The van der Waals surface area contributed by atoms with Crippen LogP contribution in [-0.2, 0) is 13.0 Å². The van der Waals surface area contributed by atoms with Gasteiger partial charge in [-0.1, -0.05) is 30.3 Å². The summed E-state index contributed by atoms with van der Waals surface area (Å²) >= 11 is 2.09. The molecule has 0 spiro atoms. The first-order valence-corrected chi connectivity index (χ1v) is 8.91. The maximum absolute atomic E-state index is 4.84. The third kappa shape index (κ3) is 2.75. The van der Waals surface area contributed by atoms with Crippen LogP contribution in [0.15, 0.2) is 48.7 Å². The first-order valence-electron chi connectivity index (χ1n) is 7.86. The van der Waals surface area contributed by atoms with E-state index in [2.05, 4.69) is 57.7 Å². The summed E-state index contributed by atoms with van der Waals surface area (Å²) in [6, 6.07) is 14.6. The molecule has 3 nitrogen and oxygen atoms in total. The van der Waals surface area contributed by atoms with Crippen LogP contribution in [0.3, 0.4) is 0 Å². The fourth-order valence-electron chi connectivity index (χ4n) is 3.10. The number of hydrogen-bond donors (Lipinski definition) is 0. The molecule has 22 heavy (non-hydrogen) atoms. The molecule has 0 N–H and O–H groups in total. The second-order valence-electron chi connectivity index (χ2n) is 5.78. The van der Waals surface area contributed by atoms with Crippen molar-refractivity contribution in [1.82, 2.24) is 14.5 Å². The highest BCUT2D eigenvalue weighted by Gasteiger charge is 2.20. The van der Waals surface area contributed by atoms with Gasteiger partial charge in [0.1, 0.15) is 11.3 Å². The van der Waals surface area contributed by atoms with Crippen LogP contribution in [0, 0.1) is 0 Å². The molecule has 1 saturated heterocycles. The Kier molecular flexibility index (Phi) is 3.85. The Bertz CT molecular complexity index is 760. The number of imidazole rings is 1. The molecule has 1 aliphatic heterocycles. The maximum Gasteiger partial charge on any atom is 0.160 e. The molecule has 1 atom stereocenters. The molecule has 0 amide bonds. The lowest BCUT2D eigenvalue weighted by molar-refractivity contribution is 0.626. The molecule has 0 radical (unpaired) electrons. The van der Waals surface area contributed by atoms with Crippen LogP contribution in [0.25, 0.3) is 11.2 Å². The number of hydrogen-bond acceptors (Lipinski definition) is 3. The zero-order valence-corrected chi connectivity index (χ0v) is 13.3. The van der Waals surface area contributed by atoms with Crippen LogP contribution in [0.4, 0.5) is 0 Å². The predicted molar refractivity (Wildman–Crippen MR) is 92.3 cm³/mol. The van der Waals surface area contributed by atoms with Crippen molar-refractivity contribution in [3.8, 4) is 0 Å². The zero-order valence-electron chi connectivity index (χ0n) is 12.5. The van der Waals surface area contributed by atoms with Gasteiger partial charge < -0.3 is 4.57 Å². The van der Waals surface area contributed by atoms with Gasteiger partial charge in [0.05, 0.1) is 0 Å². The van der Waals surface area contributed by atoms with Crippen molar-refractivity contribution in [2.24, 2.45) is 0 Å².